The van der Waals surface area contributed by atoms with E-state index in [0.29, 0.717) is 5.56 Å². The van der Waals surface area contributed by atoms with Gasteiger partial charge in [-0.15, -0.1) is 0 Å². The van der Waals surface area contributed by atoms with Gasteiger partial charge in [0.05, 0.1) is 5.69 Å². The third kappa shape index (κ3) is 3.38. The average molecular weight is 327 g/mol. The van der Waals surface area contributed by atoms with Gasteiger partial charge in [-0.2, -0.15) is 13.2 Å². The second kappa shape index (κ2) is 6.35. The molecule has 1 N–H and O–H groups in total. The quantitative estimate of drug-likeness (QED) is 0.694. The molecule has 0 aliphatic rings. The molecule has 22 heavy (non-hydrogen) atoms. The van der Waals surface area contributed by atoms with Crippen molar-refractivity contribution in [1.82, 2.24) is 15.3 Å². The van der Waals surface area contributed by atoms with E-state index in [-0.39, 0.29) is 16.4 Å². The zero-order valence-electron chi connectivity index (χ0n) is 11.7. The minimum Gasteiger partial charge on any atom is -0.355 e. The number of benzene rings is 1. The number of hydrogen-bond donors (Lipinski definition) is 1. The molecule has 0 saturated heterocycles. The normalized spacial score (nSPS) is 11.3. The summed E-state index contributed by atoms with van der Waals surface area (Å²) < 4.78 is 38.8. The summed E-state index contributed by atoms with van der Waals surface area (Å²) in [4.78, 5) is 19.4. The topological polar surface area (TPSA) is 54.9 Å². The fourth-order valence-corrected chi connectivity index (χ4v) is 2.22. The highest BCUT2D eigenvalue weighted by Gasteiger charge is 2.34. The number of nitrogens with zero attached hydrogens (tertiary/aromatic N) is 2. The van der Waals surface area contributed by atoms with Crippen molar-refractivity contribution in [2.24, 2.45) is 0 Å². The monoisotopic (exact) mass is 327 g/mol. The smallest absolute Gasteiger partial charge is 0.355 e. The number of nitrogens with one attached hydrogen (secondary N) is 1. The van der Waals surface area contributed by atoms with Crippen LogP contribution in [0.1, 0.15) is 16.1 Å². The van der Waals surface area contributed by atoms with E-state index in [4.69, 9.17) is 0 Å². The molecule has 1 aromatic heterocycles. The first-order valence-corrected chi connectivity index (χ1v) is 7.41. The zero-order valence-corrected chi connectivity index (χ0v) is 12.5. The molecule has 0 aliphatic carbocycles. The molecule has 8 heteroatoms. The van der Waals surface area contributed by atoms with Crippen molar-refractivity contribution >= 4 is 17.7 Å². The van der Waals surface area contributed by atoms with Crippen LogP contribution in [0.2, 0.25) is 0 Å². The average Bonchev–Trinajstić information content (AvgIpc) is 2.52. The van der Waals surface area contributed by atoms with E-state index in [9.17, 15) is 18.0 Å². The molecule has 0 spiro atoms. The predicted molar refractivity (Wildman–Crippen MR) is 77.6 cm³/mol. The van der Waals surface area contributed by atoms with Crippen LogP contribution in [0.3, 0.4) is 0 Å². The minimum atomic E-state index is -4.58. The van der Waals surface area contributed by atoms with Crippen molar-refractivity contribution in [1.29, 1.82) is 0 Å². The summed E-state index contributed by atoms with van der Waals surface area (Å²) in [5.41, 5.74) is -0.395. The molecular weight excluding hydrogens is 315 g/mol. The number of amides is 1. The molecule has 2 rings (SSSR count). The van der Waals surface area contributed by atoms with Gasteiger partial charge in [-0.25, -0.2) is 9.97 Å². The molecule has 1 amide bonds. The van der Waals surface area contributed by atoms with Crippen LogP contribution in [0.4, 0.5) is 13.2 Å². The standard InChI is InChI=1S/C14H12F3N3OS/c1-18-12(21)9-6-4-3-5-8(9)10-7-11(14(15,16)17)20-13(19-10)22-2/h3-7H,1-2H3,(H,18,21). The van der Waals surface area contributed by atoms with Gasteiger partial charge >= 0.3 is 6.18 Å². The Kier molecular flexibility index (Phi) is 4.70. The Bertz CT molecular complexity index is 704. The number of carbonyl (C=O) groups is 1. The highest BCUT2D eigenvalue weighted by Crippen LogP contribution is 2.32. The first-order chi connectivity index (χ1) is 10.4. The first-order valence-electron chi connectivity index (χ1n) is 6.18. The van der Waals surface area contributed by atoms with E-state index < -0.39 is 17.8 Å². The summed E-state index contributed by atoms with van der Waals surface area (Å²) in [6, 6.07) is 7.20. The summed E-state index contributed by atoms with van der Waals surface area (Å²) >= 11 is 1.01. The fraction of sp³-hybridized carbons (Fsp3) is 0.214. The van der Waals surface area contributed by atoms with Crippen LogP contribution in [-0.2, 0) is 6.18 Å². The molecule has 116 valence electrons. The number of halogens is 3. The third-order valence-electron chi connectivity index (χ3n) is 2.85. The van der Waals surface area contributed by atoms with Crippen LogP contribution in [0.15, 0.2) is 35.5 Å². The Balaban J connectivity index is 2.65. The molecule has 0 radical (unpaired) electrons. The lowest BCUT2D eigenvalue weighted by Gasteiger charge is -2.12. The Morgan fingerprint density at radius 2 is 1.91 bits per heavy atom. The van der Waals surface area contributed by atoms with Gasteiger partial charge < -0.3 is 5.32 Å². The zero-order chi connectivity index (χ0) is 16.3. The molecule has 0 atom stereocenters. The van der Waals surface area contributed by atoms with Crippen LogP contribution < -0.4 is 5.32 Å². The molecule has 0 unspecified atom stereocenters. The number of aromatic nitrogens is 2. The van der Waals surface area contributed by atoms with E-state index in [1.165, 1.54) is 13.1 Å². The summed E-state index contributed by atoms with van der Waals surface area (Å²) in [6.07, 6.45) is -2.99. The van der Waals surface area contributed by atoms with Gasteiger partial charge in [0.25, 0.3) is 5.91 Å². The second-order valence-corrected chi connectivity index (χ2v) is 5.02. The SMILES string of the molecule is CNC(=O)c1ccccc1-c1cc(C(F)(F)F)nc(SC)n1. The highest BCUT2D eigenvalue weighted by molar-refractivity contribution is 7.98. The number of carbonyl (C=O) groups excluding carboxylic acids is 1. The molecule has 2 aromatic rings. The maximum absolute atomic E-state index is 12.9. The molecule has 4 nitrogen and oxygen atoms in total. The summed E-state index contributed by atoms with van der Waals surface area (Å²) in [7, 11) is 1.45. The van der Waals surface area contributed by atoms with Gasteiger partial charge in [-0.3, -0.25) is 4.79 Å². The summed E-state index contributed by atoms with van der Waals surface area (Å²) in [5.74, 6) is -0.395. The largest absolute Gasteiger partial charge is 0.433 e. The number of rotatable bonds is 3. The number of hydrogen-bond acceptors (Lipinski definition) is 4. The Labute approximate surface area is 129 Å². The lowest BCUT2D eigenvalue weighted by molar-refractivity contribution is -0.141. The van der Waals surface area contributed by atoms with Crippen molar-refractivity contribution in [3.05, 3.63) is 41.6 Å². The Morgan fingerprint density at radius 1 is 1.23 bits per heavy atom. The lowest BCUT2D eigenvalue weighted by Crippen LogP contribution is -2.19. The van der Waals surface area contributed by atoms with Crippen molar-refractivity contribution < 1.29 is 18.0 Å². The van der Waals surface area contributed by atoms with Crippen molar-refractivity contribution in [2.45, 2.75) is 11.3 Å². The van der Waals surface area contributed by atoms with E-state index >= 15 is 0 Å². The molecule has 1 heterocycles. The van der Waals surface area contributed by atoms with Crippen LogP contribution in [0.25, 0.3) is 11.3 Å². The van der Waals surface area contributed by atoms with E-state index in [1.54, 1.807) is 24.5 Å². The molecule has 0 saturated carbocycles. The summed E-state index contributed by atoms with van der Waals surface area (Å²) in [6.45, 7) is 0. The Morgan fingerprint density at radius 3 is 2.50 bits per heavy atom. The molecule has 0 bridgehead atoms. The maximum Gasteiger partial charge on any atom is 0.433 e. The molecule has 0 fully saturated rings. The molecular formula is C14H12F3N3OS. The van der Waals surface area contributed by atoms with Gasteiger partial charge in [0, 0.05) is 18.2 Å². The lowest BCUT2D eigenvalue weighted by atomic mass is 10.0. The van der Waals surface area contributed by atoms with Gasteiger partial charge in [0.1, 0.15) is 5.69 Å². The van der Waals surface area contributed by atoms with Crippen LogP contribution >= 0.6 is 11.8 Å². The van der Waals surface area contributed by atoms with Crippen molar-refractivity contribution in [3.8, 4) is 11.3 Å². The van der Waals surface area contributed by atoms with Gasteiger partial charge in [-0.05, 0) is 18.4 Å². The number of thioether (sulfide) groups is 1. The van der Waals surface area contributed by atoms with Gasteiger partial charge in [0.15, 0.2) is 5.16 Å². The van der Waals surface area contributed by atoms with Crippen molar-refractivity contribution in [3.63, 3.8) is 0 Å². The highest BCUT2D eigenvalue weighted by atomic mass is 32.2. The van der Waals surface area contributed by atoms with Crippen LogP contribution in [0.5, 0.6) is 0 Å². The molecule has 1 aromatic carbocycles. The van der Waals surface area contributed by atoms with Gasteiger partial charge in [-0.1, -0.05) is 30.0 Å². The first kappa shape index (κ1) is 16.3. The van der Waals surface area contributed by atoms with E-state index in [0.717, 1.165) is 17.8 Å². The van der Waals surface area contributed by atoms with Crippen molar-refractivity contribution in [2.75, 3.05) is 13.3 Å². The maximum atomic E-state index is 12.9. The summed E-state index contributed by atoms with van der Waals surface area (Å²) in [5, 5.41) is 2.45. The van der Waals surface area contributed by atoms with Gasteiger partial charge in [0.2, 0.25) is 0 Å². The number of alkyl halides is 3. The Hall–Kier alpha value is -2.09. The third-order valence-corrected chi connectivity index (χ3v) is 3.40. The van der Waals surface area contributed by atoms with E-state index in [2.05, 4.69) is 15.3 Å². The minimum absolute atomic E-state index is 0.00321. The van der Waals surface area contributed by atoms with E-state index in [1.807, 2.05) is 0 Å². The predicted octanol–water partition coefficient (Wildman–Crippen LogP) is 3.24. The molecule has 0 aliphatic heterocycles. The van der Waals surface area contributed by atoms with Crippen LogP contribution in [0, 0.1) is 0 Å². The van der Waals surface area contributed by atoms with Crippen LogP contribution in [-0.4, -0.2) is 29.2 Å². The fourth-order valence-electron chi connectivity index (χ4n) is 1.84. The second-order valence-electron chi connectivity index (χ2n) is 4.25.